The van der Waals surface area contributed by atoms with Gasteiger partial charge in [-0.25, -0.2) is 0 Å². The molecule has 5 atom stereocenters. The van der Waals surface area contributed by atoms with E-state index in [9.17, 15) is 24.6 Å². The summed E-state index contributed by atoms with van der Waals surface area (Å²) >= 11 is 0. The Kier molecular flexibility index (Phi) is 10.8. The van der Waals surface area contributed by atoms with Crippen molar-refractivity contribution in [2.24, 2.45) is 5.92 Å². The second-order valence-corrected chi connectivity index (χ2v) is 11.4. The van der Waals surface area contributed by atoms with Crippen LogP contribution in [-0.4, -0.2) is 83.8 Å². The molecule has 2 aromatic rings. The highest BCUT2D eigenvalue weighted by Gasteiger charge is 2.35. The Labute approximate surface area is 247 Å². The number of phenols is 1. The number of aromatic hydroxyl groups is 1. The van der Waals surface area contributed by atoms with Crippen LogP contribution in [0.2, 0.25) is 0 Å². The van der Waals surface area contributed by atoms with Gasteiger partial charge < -0.3 is 35.8 Å². The Morgan fingerprint density at radius 1 is 1.05 bits per heavy atom. The largest absolute Gasteiger partial charge is 0.508 e. The zero-order valence-electron chi connectivity index (χ0n) is 24.8. The van der Waals surface area contributed by atoms with Gasteiger partial charge in [0.05, 0.1) is 12.6 Å². The number of likely N-dealkylation sites (N-methyl/N-ethyl adjacent to an activating group) is 1. The number of nitrogens with one attached hydrogen (secondary N) is 3. The standard InChI is InChI=1S/C32H44N4O6/c1-4-20(2)28-32(41)36(3)27(19-37)31(40)35-26(17-21-10-13-24(38)14-11-21)30(39)33-16-6-9-22-7-5-8-23-12-15-25(18-34-28)42-29(22)23/h5,7-8,10-11,13-14,20,25-28,34,37-38H,4,6,9,12,15-19H2,1-3H3,(H,33,39)(H,35,40)/t20?,25?,26-,27+,28+/m1/s1. The first-order chi connectivity index (χ1) is 20.2. The molecule has 2 unspecified atom stereocenters. The highest BCUT2D eigenvalue weighted by Crippen LogP contribution is 2.32. The van der Waals surface area contributed by atoms with Gasteiger partial charge in [0.25, 0.3) is 0 Å². The lowest BCUT2D eigenvalue weighted by atomic mass is 9.95. The van der Waals surface area contributed by atoms with E-state index < -0.39 is 30.6 Å². The number of ether oxygens (including phenoxy) is 1. The van der Waals surface area contributed by atoms with Crippen LogP contribution in [0.3, 0.4) is 0 Å². The van der Waals surface area contributed by atoms with Crippen molar-refractivity contribution in [1.82, 2.24) is 20.9 Å². The highest BCUT2D eigenvalue weighted by atomic mass is 16.5. The van der Waals surface area contributed by atoms with Crippen molar-refractivity contribution in [3.05, 3.63) is 59.2 Å². The van der Waals surface area contributed by atoms with Gasteiger partial charge in [0.15, 0.2) is 0 Å². The van der Waals surface area contributed by atoms with Crippen molar-refractivity contribution in [3.63, 3.8) is 0 Å². The second-order valence-electron chi connectivity index (χ2n) is 11.4. The summed E-state index contributed by atoms with van der Waals surface area (Å²) in [4.78, 5) is 41.8. The molecule has 0 aliphatic carbocycles. The van der Waals surface area contributed by atoms with Crippen molar-refractivity contribution in [2.75, 3.05) is 26.7 Å². The lowest BCUT2D eigenvalue weighted by molar-refractivity contribution is -0.143. The number of fused-ring (bicyclic) bond motifs is 1. The first kappa shape index (κ1) is 31.3. The number of para-hydroxylation sites is 1. The van der Waals surface area contributed by atoms with E-state index in [1.54, 1.807) is 12.1 Å². The van der Waals surface area contributed by atoms with Crippen molar-refractivity contribution in [2.45, 2.75) is 76.6 Å². The Balaban J connectivity index is 1.63. The van der Waals surface area contributed by atoms with E-state index in [2.05, 4.69) is 28.1 Å². The van der Waals surface area contributed by atoms with Gasteiger partial charge in [-0.15, -0.1) is 0 Å². The minimum atomic E-state index is -1.18. The van der Waals surface area contributed by atoms with Crippen molar-refractivity contribution in [3.8, 4) is 11.5 Å². The number of hydrogen-bond acceptors (Lipinski definition) is 7. The minimum absolute atomic E-state index is 0.0348. The lowest BCUT2D eigenvalue weighted by Gasteiger charge is -2.34. The number of rotatable bonds is 5. The second kappa shape index (κ2) is 14.5. The molecule has 0 saturated heterocycles. The number of aryl methyl sites for hydroxylation is 2. The molecule has 2 aliphatic rings. The van der Waals surface area contributed by atoms with E-state index in [-0.39, 0.29) is 36.0 Å². The first-order valence-electron chi connectivity index (χ1n) is 15.0. The average molecular weight is 581 g/mol. The monoisotopic (exact) mass is 580 g/mol. The molecule has 2 heterocycles. The molecule has 0 spiro atoms. The molecule has 2 bridgehead atoms. The third-order valence-electron chi connectivity index (χ3n) is 8.46. The van der Waals surface area contributed by atoms with E-state index in [0.717, 1.165) is 36.1 Å². The number of amides is 3. The molecule has 5 N–H and O–H groups in total. The summed E-state index contributed by atoms with van der Waals surface area (Å²) in [5.74, 6) is -0.338. The smallest absolute Gasteiger partial charge is 0.245 e. The van der Waals surface area contributed by atoms with Crippen LogP contribution >= 0.6 is 0 Å². The number of aliphatic hydroxyl groups is 1. The predicted octanol–water partition coefficient (Wildman–Crippen LogP) is 1.70. The Morgan fingerprint density at radius 3 is 2.45 bits per heavy atom. The fourth-order valence-corrected chi connectivity index (χ4v) is 5.61. The molecular weight excluding hydrogens is 536 g/mol. The molecule has 10 nitrogen and oxygen atoms in total. The van der Waals surface area contributed by atoms with Gasteiger partial charge in [-0.2, -0.15) is 0 Å². The summed E-state index contributed by atoms with van der Waals surface area (Å²) in [6.45, 7) is 4.27. The summed E-state index contributed by atoms with van der Waals surface area (Å²) in [6, 6.07) is 9.88. The van der Waals surface area contributed by atoms with E-state index in [4.69, 9.17) is 4.74 Å². The van der Waals surface area contributed by atoms with Crippen LogP contribution in [0.5, 0.6) is 11.5 Å². The van der Waals surface area contributed by atoms with E-state index in [1.807, 2.05) is 19.9 Å². The summed E-state index contributed by atoms with van der Waals surface area (Å²) < 4.78 is 6.46. The molecule has 4 rings (SSSR count). The summed E-state index contributed by atoms with van der Waals surface area (Å²) in [5.41, 5.74) is 2.99. The summed E-state index contributed by atoms with van der Waals surface area (Å²) in [7, 11) is 1.51. The maximum Gasteiger partial charge on any atom is 0.245 e. The number of aliphatic hydroxyl groups excluding tert-OH is 1. The average Bonchev–Trinajstić information content (AvgIpc) is 2.99. The quantitative estimate of drug-likeness (QED) is 0.363. The Morgan fingerprint density at radius 2 is 1.76 bits per heavy atom. The summed E-state index contributed by atoms with van der Waals surface area (Å²) in [6.07, 6.45) is 3.89. The lowest BCUT2D eigenvalue weighted by Crippen LogP contribution is -2.59. The zero-order chi connectivity index (χ0) is 30.2. The zero-order valence-corrected chi connectivity index (χ0v) is 24.8. The minimum Gasteiger partial charge on any atom is -0.508 e. The number of hydrogen-bond donors (Lipinski definition) is 5. The van der Waals surface area contributed by atoms with Crippen LogP contribution in [0.15, 0.2) is 42.5 Å². The highest BCUT2D eigenvalue weighted by molar-refractivity contribution is 5.93. The van der Waals surface area contributed by atoms with Crippen molar-refractivity contribution < 1.29 is 29.3 Å². The molecule has 228 valence electrons. The van der Waals surface area contributed by atoms with Crippen LogP contribution in [0.1, 0.15) is 49.8 Å². The van der Waals surface area contributed by atoms with Gasteiger partial charge in [-0.3, -0.25) is 14.4 Å². The molecule has 2 aromatic carbocycles. The Bertz CT molecular complexity index is 1240. The molecular formula is C32H44N4O6. The topological polar surface area (TPSA) is 140 Å². The Hall–Kier alpha value is -3.63. The molecule has 0 fully saturated rings. The van der Waals surface area contributed by atoms with E-state index in [1.165, 1.54) is 29.6 Å². The number of nitrogens with zero attached hydrogens (tertiary/aromatic N) is 1. The number of carbonyl (C=O) groups excluding carboxylic acids is 3. The van der Waals surface area contributed by atoms with Gasteiger partial charge in [0, 0.05) is 26.6 Å². The van der Waals surface area contributed by atoms with Crippen molar-refractivity contribution in [1.29, 1.82) is 0 Å². The maximum atomic E-state index is 13.8. The van der Waals surface area contributed by atoms with E-state index in [0.29, 0.717) is 25.9 Å². The van der Waals surface area contributed by atoms with Gasteiger partial charge in [-0.1, -0.05) is 50.6 Å². The van der Waals surface area contributed by atoms with Crippen LogP contribution in [0.4, 0.5) is 0 Å². The van der Waals surface area contributed by atoms with Crippen molar-refractivity contribution >= 4 is 17.7 Å². The number of carbonyl (C=O) groups is 3. The van der Waals surface area contributed by atoms with Crippen LogP contribution < -0.4 is 20.7 Å². The third-order valence-corrected chi connectivity index (χ3v) is 8.46. The normalized spacial score (nSPS) is 25.0. The molecule has 0 saturated carbocycles. The van der Waals surface area contributed by atoms with Gasteiger partial charge in [-0.05, 0) is 60.4 Å². The maximum absolute atomic E-state index is 13.8. The molecule has 2 aliphatic heterocycles. The predicted molar refractivity (Wildman–Crippen MR) is 159 cm³/mol. The van der Waals surface area contributed by atoms with Gasteiger partial charge in [0.2, 0.25) is 17.7 Å². The third kappa shape index (κ3) is 7.60. The molecule has 0 aromatic heterocycles. The molecule has 3 amide bonds. The van der Waals surface area contributed by atoms with Crippen LogP contribution in [0.25, 0.3) is 0 Å². The van der Waals surface area contributed by atoms with Gasteiger partial charge >= 0.3 is 0 Å². The first-order valence-corrected chi connectivity index (χ1v) is 15.0. The fourth-order valence-electron chi connectivity index (χ4n) is 5.61. The molecule has 10 heteroatoms. The summed E-state index contributed by atoms with van der Waals surface area (Å²) in [5, 5.41) is 29.0. The fraction of sp³-hybridized carbons (Fsp3) is 0.531. The SMILES string of the molecule is CCC(C)[C@@H]1NCC2CCc3cccc(c3O2)CCCNC(=O)[C@@H](Cc2ccc(O)cc2)NC(=O)[C@H](CO)N(C)C1=O. The number of benzene rings is 2. The molecule has 42 heavy (non-hydrogen) atoms. The molecule has 0 radical (unpaired) electrons. The van der Waals surface area contributed by atoms with Crippen LogP contribution in [0, 0.1) is 5.92 Å². The van der Waals surface area contributed by atoms with Crippen LogP contribution in [-0.2, 0) is 33.6 Å². The number of phenolic OH excluding ortho intramolecular Hbond substituents is 1. The van der Waals surface area contributed by atoms with Gasteiger partial charge in [0.1, 0.15) is 29.7 Å². The van der Waals surface area contributed by atoms with E-state index >= 15 is 0 Å².